The maximum atomic E-state index is 10.5. The molecule has 4 N–H and O–H groups in total. The quantitative estimate of drug-likeness (QED) is 0.572. The summed E-state index contributed by atoms with van der Waals surface area (Å²) in [7, 11) is 0. The smallest absolute Gasteiger partial charge is 0.323 e. The summed E-state index contributed by atoms with van der Waals surface area (Å²) < 4.78 is 1.35. The highest BCUT2D eigenvalue weighted by molar-refractivity contribution is 5.73. The third-order valence-electron chi connectivity index (χ3n) is 1.85. The predicted octanol–water partition coefficient (Wildman–Crippen LogP) is -1.08. The molecule has 0 aromatic carbocycles. The molecule has 0 unspecified atom stereocenters. The molecule has 0 aliphatic carbocycles. The lowest BCUT2D eigenvalue weighted by atomic mass is 10.2. The second kappa shape index (κ2) is 4.56. The topological polar surface area (TPSA) is 118 Å². The Morgan fingerprint density at radius 2 is 2.20 bits per heavy atom. The Bertz CT molecular complexity index is 374. The summed E-state index contributed by atoms with van der Waals surface area (Å²) in [4.78, 5) is 24.7. The predicted molar refractivity (Wildman–Crippen MR) is 49.2 cm³/mol. The summed E-state index contributed by atoms with van der Waals surface area (Å²) in [5.74, 6) is -2.14. The Hall–Kier alpha value is -1.89. The van der Waals surface area contributed by atoms with Crippen molar-refractivity contribution in [3.8, 4) is 0 Å². The first-order valence-corrected chi connectivity index (χ1v) is 4.20. The van der Waals surface area contributed by atoms with E-state index in [1.807, 2.05) is 0 Å². The highest BCUT2D eigenvalue weighted by Crippen LogP contribution is 2.02. The van der Waals surface area contributed by atoms with Gasteiger partial charge in [0, 0.05) is 18.3 Å². The van der Waals surface area contributed by atoms with E-state index in [9.17, 15) is 9.59 Å². The molecule has 1 aromatic rings. The fourth-order valence-electron chi connectivity index (χ4n) is 1.12. The highest BCUT2D eigenvalue weighted by Gasteiger charge is 2.15. The van der Waals surface area contributed by atoms with Gasteiger partial charge < -0.3 is 20.5 Å². The fourth-order valence-corrected chi connectivity index (χ4v) is 1.12. The molecule has 0 saturated heterocycles. The van der Waals surface area contributed by atoms with Gasteiger partial charge in [0.05, 0.1) is 6.33 Å². The van der Waals surface area contributed by atoms with Gasteiger partial charge in [-0.3, -0.25) is 9.59 Å². The molecule has 1 aromatic heterocycles. The van der Waals surface area contributed by atoms with Crippen LogP contribution in [-0.4, -0.2) is 37.7 Å². The lowest BCUT2D eigenvalue weighted by molar-refractivity contribution is -0.138. The van der Waals surface area contributed by atoms with Gasteiger partial charge in [-0.1, -0.05) is 0 Å². The number of aromatic nitrogens is 2. The number of nitrogens with two attached hydrogens (primary N) is 1. The Balaban J connectivity index is 2.72. The summed E-state index contributed by atoms with van der Waals surface area (Å²) in [5.41, 5.74) is 5.81. The second-order valence-corrected chi connectivity index (χ2v) is 3.06. The standard InChI is InChI=1S/C8H11N3O4/c9-6(8(14)15)1-5-2-10-4-11(5)3-7(12)13/h2,4,6H,1,3,9H2,(H,12,13)(H,14,15)/t6-/m0/s1. The van der Waals surface area contributed by atoms with E-state index in [4.69, 9.17) is 15.9 Å². The van der Waals surface area contributed by atoms with Gasteiger partial charge in [0.25, 0.3) is 0 Å². The SMILES string of the molecule is N[C@@H](Cc1cncn1CC(=O)O)C(=O)O. The molecule has 0 aliphatic heterocycles. The van der Waals surface area contributed by atoms with E-state index in [-0.39, 0.29) is 13.0 Å². The molecule has 7 nitrogen and oxygen atoms in total. The van der Waals surface area contributed by atoms with Crippen LogP contribution in [0.4, 0.5) is 0 Å². The van der Waals surface area contributed by atoms with Gasteiger partial charge in [-0.05, 0) is 0 Å². The Morgan fingerprint density at radius 1 is 1.53 bits per heavy atom. The molecular weight excluding hydrogens is 202 g/mol. The Morgan fingerprint density at radius 3 is 2.73 bits per heavy atom. The lowest BCUT2D eigenvalue weighted by Gasteiger charge is -2.08. The van der Waals surface area contributed by atoms with Crippen LogP contribution in [0.3, 0.4) is 0 Å². The Kier molecular flexibility index (Phi) is 3.40. The first-order chi connectivity index (χ1) is 7.00. The van der Waals surface area contributed by atoms with Gasteiger partial charge >= 0.3 is 11.9 Å². The minimum Gasteiger partial charge on any atom is -0.480 e. The molecule has 0 radical (unpaired) electrons. The number of carboxylic acid groups (broad SMARTS) is 2. The Labute approximate surface area is 85.1 Å². The monoisotopic (exact) mass is 213 g/mol. The van der Waals surface area contributed by atoms with Crippen molar-refractivity contribution in [2.24, 2.45) is 5.73 Å². The van der Waals surface area contributed by atoms with Crippen LogP contribution < -0.4 is 5.73 Å². The van der Waals surface area contributed by atoms with Crippen LogP contribution in [0.15, 0.2) is 12.5 Å². The number of nitrogens with zero attached hydrogens (tertiary/aromatic N) is 2. The van der Waals surface area contributed by atoms with Crippen LogP contribution in [-0.2, 0) is 22.6 Å². The molecular formula is C8H11N3O4. The van der Waals surface area contributed by atoms with Crippen molar-refractivity contribution in [1.82, 2.24) is 9.55 Å². The fraction of sp³-hybridized carbons (Fsp3) is 0.375. The minimum atomic E-state index is -1.13. The molecule has 15 heavy (non-hydrogen) atoms. The van der Waals surface area contributed by atoms with Crippen LogP contribution in [0.2, 0.25) is 0 Å². The molecule has 1 heterocycles. The molecule has 0 saturated carbocycles. The van der Waals surface area contributed by atoms with Crippen LogP contribution in [0.5, 0.6) is 0 Å². The summed E-state index contributed by atoms with van der Waals surface area (Å²) >= 11 is 0. The average molecular weight is 213 g/mol. The molecule has 0 spiro atoms. The van der Waals surface area contributed by atoms with Crippen molar-refractivity contribution in [2.75, 3.05) is 0 Å². The van der Waals surface area contributed by atoms with Crippen molar-refractivity contribution in [1.29, 1.82) is 0 Å². The molecule has 82 valence electrons. The van der Waals surface area contributed by atoms with Crippen molar-refractivity contribution >= 4 is 11.9 Å². The van der Waals surface area contributed by atoms with Gasteiger partial charge in [0.2, 0.25) is 0 Å². The molecule has 0 bridgehead atoms. The largest absolute Gasteiger partial charge is 0.480 e. The molecule has 0 aliphatic rings. The summed E-state index contributed by atoms with van der Waals surface area (Å²) in [6.45, 7) is -0.248. The van der Waals surface area contributed by atoms with E-state index in [0.717, 1.165) is 0 Å². The van der Waals surface area contributed by atoms with Gasteiger partial charge in [-0.25, -0.2) is 4.98 Å². The molecule has 7 heteroatoms. The van der Waals surface area contributed by atoms with Crippen LogP contribution >= 0.6 is 0 Å². The van der Waals surface area contributed by atoms with E-state index in [1.165, 1.54) is 17.1 Å². The zero-order chi connectivity index (χ0) is 11.4. The summed E-state index contributed by atoms with van der Waals surface area (Å²) in [6.07, 6.45) is 2.80. The maximum Gasteiger partial charge on any atom is 0.323 e. The van der Waals surface area contributed by atoms with Crippen LogP contribution in [0, 0.1) is 0 Å². The molecule has 0 amide bonds. The molecule has 1 atom stereocenters. The number of carboxylic acids is 2. The van der Waals surface area contributed by atoms with Crippen molar-refractivity contribution in [2.45, 2.75) is 19.0 Å². The number of aliphatic carboxylic acids is 2. The van der Waals surface area contributed by atoms with Gasteiger partial charge in [0.15, 0.2) is 0 Å². The summed E-state index contributed by atoms with van der Waals surface area (Å²) in [5, 5.41) is 17.1. The minimum absolute atomic E-state index is 0.0581. The van der Waals surface area contributed by atoms with E-state index < -0.39 is 18.0 Å². The van der Waals surface area contributed by atoms with Crippen LogP contribution in [0.25, 0.3) is 0 Å². The maximum absolute atomic E-state index is 10.5. The van der Waals surface area contributed by atoms with Gasteiger partial charge in [-0.2, -0.15) is 0 Å². The zero-order valence-corrected chi connectivity index (χ0v) is 7.83. The summed E-state index contributed by atoms with van der Waals surface area (Å²) in [6, 6.07) is -1.05. The normalized spacial score (nSPS) is 12.3. The molecule has 1 rings (SSSR count). The van der Waals surface area contributed by atoms with Gasteiger partial charge in [-0.15, -0.1) is 0 Å². The third-order valence-corrected chi connectivity index (χ3v) is 1.85. The number of hydrogen-bond acceptors (Lipinski definition) is 4. The van der Waals surface area contributed by atoms with E-state index in [0.29, 0.717) is 5.69 Å². The highest BCUT2D eigenvalue weighted by atomic mass is 16.4. The third kappa shape index (κ3) is 3.06. The number of imidazole rings is 1. The second-order valence-electron chi connectivity index (χ2n) is 3.06. The number of hydrogen-bond donors (Lipinski definition) is 3. The van der Waals surface area contributed by atoms with Crippen molar-refractivity contribution in [3.63, 3.8) is 0 Å². The van der Waals surface area contributed by atoms with Crippen molar-refractivity contribution < 1.29 is 19.8 Å². The molecule has 0 fully saturated rings. The first kappa shape index (κ1) is 11.2. The van der Waals surface area contributed by atoms with Crippen molar-refractivity contribution in [3.05, 3.63) is 18.2 Å². The number of rotatable bonds is 5. The zero-order valence-electron chi connectivity index (χ0n) is 7.83. The lowest BCUT2D eigenvalue weighted by Crippen LogP contribution is -2.33. The van der Waals surface area contributed by atoms with Crippen LogP contribution in [0.1, 0.15) is 5.69 Å². The average Bonchev–Trinajstić information content (AvgIpc) is 2.51. The number of carbonyl (C=O) groups is 2. The van der Waals surface area contributed by atoms with E-state index in [2.05, 4.69) is 4.98 Å². The first-order valence-electron chi connectivity index (χ1n) is 4.20. The van der Waals surface area contributed by atoms with Gasteiger partial charge in [0.1, 0.15) is 12.6 Å². The van der Waals surface area contributed by atoms with E-state index >= 15 is 0 Å². The van der Waals surface area contributed by atoms with E-state index in [1.54, 1.807) is 0 Å².